The Morgan fingerprint density at radius 1 is 1.24 bits per heavy atom. The topological polar surface area (TPSA) is 49.4 Å². The van der Waals surface area contributed by atoms with E-state index in [0.29, 0.717) is 6.42 Å². The van der Waals surface area contributed by atoms with E-state index in [4.69, 9.17) is 0 Å². The maximum Gasteiger partial charge on any atom is 0.249 e. The highest BCUT2D eigenvalue weighted by Crippen LogP contribution is 2.36. The van der Waals surface area contributed by atoms with Gasteiger partial charge in [-0.05, 0) is 38.5 Å². The van der Waals surface area contributed by atoms with E-state index in [1.54, 1.807) is 0 Å². The summed E-state index contributed by atoms with van der Waals surface area (Å²) in [6.45, 7) is 2.00. The van der Waals surface area contributed by atoms with Gasteiger partial charge in [0.2, 0.25) is 11.8 Å². The van der Waals surface area contributed by atoms with E-state index in [9.17, 15) is 9.59 Å². The number of rotatable bonds is 2. The van der Waals surface area contributed by atoms with Crippen LogP contribution in [0.25, 0.3) is 0 Å². The van der Waals surface area contributed by atoms with Crippen LogP contribution in [0.3, 0.4) is 0 Å². The van der Waals surface area contributed by atoms with Gasteiger partial charge in [-0.15, -0.1) is 0 Å². The van der Waals surface area contributed by atoms with Gasteiger partial charge in [-0.3, -0.25) is 9.59 Å². The highest BCUT2D eigenvalue weighted by molar-refractivity contribution is 6.00. The number of amides is 2. The average molecular weight is 290 g/mol. The van der Waals surface area contributed by atoms with E-state index in [1.807, 2.05) is 11.8 Å². The molecule has 21 heavy (non-hydrogen) atoms. The first-order chi connectivity index (χ1) is 10.2. The normalized spacial score (nSPS) is 32.3. The Bertz CT molecular complexity index is 452. The molecule has 3 rings (SSSR count). The van der Waals surface area contributed by atoms with E-state index < -0.39 is 5.54 Å². The van der Waals surface area contributed by atoms with Crippen LogP contribution in [0.4, 0.5) is 0 Å². The van der Waals surface area contributed by atoms with Crippen molar-refractivity contribution in [2.24, 2.45) is 0 Å². The first kappa shape index (κ1) is 14.6. The molecule has 1 N–H and O–H groups in total. The summed E-state index contributed by atoms with van der Waals surface area (Å²) in [5, 5.41) is 3.10. The molecule has 4 nitrogen and oxygen atoms in total. The van der Waals surface area contributed by atoms with Crippen molar-refractivity contribution in [3.05, 3.63) is 12.2 Å². The maximum absolute atomic E-state index is 13.2. The molecule has 2 aliphatic carbocycles. The Balaban J connectivity index is 1.90. The van der Waals surface area contributed by atoms with Crippen LogP contribution >= 0.6 is 0 Å². The van der Waals surface area contributed by atoms with Gasteiger partial charge in [0, 0.05) is 6.04 Å². The molecular weight excluding hydrogens is 264 g/mol. The molecule has 4 heteroatoms. The molecule has 1 spiro atoms. The molecule has 116 valence electrons. The van der Waals surface area contributed by atoms with Crippen molar-refractivity contribution in [2.45, 2.75) is 82.3 Å². The lowest BCUT2D eigenvalue weighted by molar-refractivity contribution is -0.160. The second kappa shape index (κ2) is 5.82. The highest BCUT2D eigenvalue weighted by Gasteiger charge is 2.52. The maximum atomic E-state index is 13.2. The Morgan fingerprint density at radius 3 is 2.62 bits per heavy atom. The largest absolute Gasteiger partial charge is 0.340 e. The zero-order valence-electron chi connectivity index (χ0n) is 12.9. The number of hydrogen-bond acceptors (Lipinski definition) is 2. The summed E-state index contributed by atoms with van der Waals surface area (Å²) in [5.74, 6) is 0.252. The molecule has 0 radical (unpaired) electrons. The second-order valence-corrected chi connectivity index (χ2v) is 6.71. The van der Waals surface area contributed by atoms with Crippen LogP contribution in [-0.4, -0.2) is 34.3 Å². The van der Waals surface area contributed by atoms with Crippen molar-refractivity contribution < 1.29 is 9.59 Å². The van der Waals surface area contributed by atoms with Crippen molar-refractivity contribution in [3.8, 4) is 0 Å². The average Bonchev–Trinajstić information content (AvgIpc) is 2.52. The predicted octanol–water partition coefficient (Wildman–Crippen LogP) is 2.54. The van der Waals surface area contributed by atoms with Gasteiger partial charge in [0.25, 0.3) is 0 Å². The van der Waals surface area contributed by atoms with Crippen LogP contribution in [0.15, 0.2) is 12.2 Å². The number of hydrogen-bond donors (Lipinski definition) is 1. The van der Waals surface area contributed by atoms with Crippen molar-refractivity contribution in [1.29, 1.82) is 0 Å². The molecule has 1 saturated heterocycles. The molecule has 1 aliphatic heterocycles. The summed E-state index contributed by atoms with van der Waals surface area (Å²) in [5.41, 5.74) is -0.595. The molecule has 2 unspecified atom stereocenters. The molecular formula is C17H26N2O2. The minimum absolute atomic E-state index is 0.0635. The molecule has 2 atom stereocenters. The standard InChI is InChI=1S/C17H26N2O2/c1-2-14-15(20)18-17(11-7-4-8-12-17)16(21)19(14)13-9-5-3-6-10-13/h3,5,13-14H,2,4,6-12H2,1H3,(H,18,20). The van der Waals surface area contributed by atoms with Gasteiger partial charge < -0.3 is 10.2 Å². The van der Waals surface area contributed by atoms with Crippen LogP contribution in [0, 0.1) is 0 Å². The predicted molar refractivity (Wildman–Crippen MR) is 81.7 cm³/mol. The quantitative estimate of drug-likeness (QED) is 0.795. The van der Waals surface area contributed by atoms with Crippen LogP contribution in [-0.2, 0) is 9.59 Å². The van der Waals surface area contributed by atoms with Gasteiger partial charge in [-0.25, -0.2) is 0 Å². The molecule has 0 aromatic rings. The van der Waals surface area contributed by atoms with Gasteiger partial charge in [0.1, 0.15) is 11.6 Å². The summed E-state index contributed by atoms with van der Waals surface area (Å²) in [6.07, 6.45) is 12.8. The fourth-order valence-electron chi connectivity index (χ4n) is 4.21. The number of piperazine rings is 1. The molecule has 1 heterocycles. The zero-order valence-corrected chi connectivity index (χ0v) is 12.9. The lowest BCUT2D eigenvalue weighted by atomic mass is 9.77. The fourth-order valence-corrected chi connectivity index (χ4v) is 4.21. The van der Waals surface area contributed by atoms with Crippen molar-refractivity contribution >= 4 is 11.8 Å². The minimum Gasteiger partial charge on any atom is -0.340 e. The number of carbonyl (C=O) groups is 2. The summed E-state index contributed by atoms with van der Waals surface area (Å²) in [6, 6.07) is -0.0705. The lowest BCUT2D eigenvalue weighted by Gasteiger charge is -2.50. The Morgan fingerprint density at radius 2 is 2.00 bits per heavy atom. The van der Waals surface area contributed by atoms with Gasteiger partial charge in [-0.2, -0.15) is 0 Å². The van der Waals surface area contributed by atoms with Crippen LogP contribution in [0.2, 0.25) is 0 Å². The number of carbonyl (C=O) groups excluding carboxylic acids is 2. The van der Waals surface area contributed by atoms with E-state index in [0.717, 1.165) is 44.9 Å². The Labute approximate surface area is 127 Å². The zero-order chi connectivity index (χ0) is 14.9. The fraction of sp³-hybridized carbons (Fsp3) is 0.765. The lowest BCUT2D eigenvalue weighted by Crippen LogP contribution is -2.72. The number of nitrogens with zero attached hydrogens (tertiary/aromatic N) is 1. The summed E-state index contributed by atoms with van der Waals surface area (Å²) in [7, 11) is 0. The van der Waals surface area contributed by atoms with Crippen LogP contribution < -0.4 is 5.32 Å². The first-order valence-electron chi connectivity index (χ1n) is 8.48. The summed E-state index contributed by atoms with van der Waals surface area (Å²) < 4.78 is 0. The molecule has 0 aromatic heterocycles. The molecule has 3 aliphatic rings. The second-order valence-electron chi connectivity index (χ2n) is 6.71. The van der Waals surface area contributed by atoms with E-state index in [1.165, 1.54) is 6.42 Å². The van der Waals surface area contributed by atoms with Crippen molar-refractivity contribution in [2.75, 3.05) is 0 Å². The smallest absolute Gasteiger partial charge is 0.249 e. The SMILES string of the molecule is CCC1C(=O)NC2(CCCCC2)C(=O)N1C1CC=CCC1. The van der Waals surface area contributed by atoms with Crippen LogP contribution in [0.5, 0.6) is 0 Å². The summed E-state index contributed by atoms with van der Waals surface area (Å²) in [4.78, 5) is 27.7. The van der Waals surface area contributed by atoms with Gasteiger partial charge in [-0.1, -0.05) is 38.3 Å². The van der Waals surface area contributed by atoms with E-state index >= 15 is 0 Å². The van der Waals surface area contributed by atoms with Crippen LogP contribution in [0.1, 0.15) is 64.7 Å². The number of nitrogens with one attached hydrogen (secondary N) is 1. The Kier molecular flexibility index (Phi) is 4.05. The third kappa shape index (κ3) is 2.49. The monoisotopic (exact) mass is 290 g/mol. The number of allylic oxidation sites excluding steroid dienone is 1. The highest BCUT2D eigenvalue weighted by atomic mass is 16.2. The molecule has 2 fully saturated rings. The van der Waals surface area contributed by atoms with E-state index in [-0.39, 0.29) is 23.9 Å². The third-order valence-corrected chi connectivity index (χ3v) is 5.37. The van der Waals surface area contributed by atoms with Gasteiger partial charge >= 0.3 is 0 Å². The van der Waals surface area contributed by atoms with Gasteiger partial charge in [0.05, 0.1) is 0 Å². The third-order valence-electron chi connectivity index (χ3n) is 5.37. The summed E-state index contributed by atoms with van der Waals surface area (Å²) >= 11 is 0. The van der Waals surface area contributed by atoms with Crippen molar-refractivity contribution in [1.82, 2.24) is 10.2 Å². The molecule has 0 aromatic carbocycles. The Hall–Kier alpha value is -1.32. The van der Waals surface area contributed by atoms with Crippen molar-refractivity contribution in [3.63, 3.8) is 0 Å². The minimum atomic E-state index is -0.595. The van der Waals surface area contributed by atoms with Gasteiger partial charge in [0.15, 0.2) is 0 Å². The molecule has 1 saturated carbocycles. The first-order valence-corrected chi connectivity index (χ1v) is 8.48. The van der Waals surface area contributed by atoms with E-state index in [2.05, 4.69) is 17.5 Å². The molecule has 0 bridgehead atoms. The molecule has 2 amide bonds.